The third-order valence-electron chi connectivity index (χ3n) is 1.58. The topological polar surface area (TPSA) is 3.24 Å². The van der Waals surface area contributed by atoms with Crippen molar-refractivity contribution in [2.24, 2.45) is 0 Å². The molecule has 1 heterocycles. The van der Waals surface area contributed by atoms with Crippen LogP contribution in [-0.2, 0) is 0 Å². The van der Waals surface area contributed by atoms with E-state index in [1.54, 1.807) is 0 Å². The largest absolute Gasteiger partial charge is 0.306 e. The highest BCUT2D eigenvalue weighted by molar-refractivity contribution is 6.31. The summed E-state index contributed by atoms with van der Waals surface area (Å²) in [6, 6.07) is 0. The minimum atomic E-state index is 1.32. The molecule has 0 aliphatic carbocycles. The van der Waals surface area contributed by atoms with Gasteiger partial charge in [-0.15, -0.1) is 0 Å². The van der Waals surface area contributed by atoms with Crippen molar-refractivity contribution in [2.75, 3.05) is 20.1 Å². The third-order valence-corrected chi connectivity index (χ3v) is 1.58. The monoisotopic (exact) mass is 140 g/mol. The van der Waals surface area contributed by atoms with Crippen LogP contribution in [0.4, 0.5) is 0 Å². The number of hydrogen-bond acceptors (Lipinski definition) is 1. The number of rotatable bonds is 0. The summed E-state index contributed by atoms with van der Waals surface area (Å²) < 4.78 is 0. The first-order chi connectivity index (χ1) is 4.81. The van der Waals surface area contributed by atoms with Crippen molar-refractivity contribution in [1.29, 1.82) is 0 Å². The molecule has 0 spiro atoms. The molecule has 1 aliphatic heterocycles. The number of piperidine rings is 1. The van der Waals surface area contributed by atoms with Crippen LogP contribution in [0.15, 0.2) is 0 Å². The second kappa shape index (κ2) is 7.14. The Morgan fingerprint density at radius 3 is 1.60 bits per heavy atom. The van der Waals surface area contributed by atoms with Crippen molar-refractivity contribution < 1.29 is 0 Å². The Labute approximate surface area is 66.0 Å². The minimum absolute atomic E-state index is 1.32. The van der Waals surface area contributed by atoms with Gasteiger partial charge >= 0.3 is 0 Å². The Morgan fingerprint density at radius 2 is 1.40 bits per heavy atom. The van der Waals surface area contributed by atoms with Crippen LogP contribution < -0.4 is 0 Å². The molecular weight excluding hydrogens is 121 g/mol. The van der Waals surface area contributed by atoms with Crippen molar-refractivity contribution in [2.45, 2.75) is 32.9 Å². The van der Waals surface area contributed by atoms with Crippen LogP contribution in [0.1, 0.15) is 19.3 Å². The maximum Gasteiger partial charge on any atom is 0.102 e. The number of hydrogen-bond donors (Lipinski definition) is 0. The predicted octanol–water partition coefficient (Wildman–Crippen LogP) is 1.89. The first-order valence-corrected chi connectivity index (χ1v) is 4.23. The van der Waals surface area contributed by atoms with Gasteiger partial charge in [-0.1, -0.05) is 20.1 Å². The van der Waals surface area contributed by atoms with Gasteiger partial charge in [-0.2, -0.15) is 0 Å². The zero-order valence-electron chi connectivity index (χ0n) is 7.56. The van der Waals surface area contributed by atoms with E-state index in [1.165, 1.54) is 32.4 Å². The van der Waals surface area contributed by atoms with E-state index in [0.717, 1.165) is 0 Å². The van der Waals surface area contributed by atoms with Gasteiger partial charge in [0.2, 0.25) is 0 Å². The Bertz CT molecular complexity index is 60.3. The van der Waals surface area contributed by atoms with Crippen molar-refractivity contribution in [3.8, 4) is 0 Å². The average molecular weight is 140 g/mol. The second-order valence-corrected chi connectivity index (χ2v) is 2.94. The van der Waals surface area contributed by atoms with Crippen molar-refractivity contribution in [3.05, 3.63) is 0 Å². The lowest BCUT2D eigenvalue weighted by atomic mass is 9.88. The molecule has 1 radical (unpaired) electrons. The Kier molecular flexibility index (Phi) is 7.15. The van der Waals surface area contributed by atoms with Gasteiger partial charge in [-0.25, -0.2) is 0 Å². The van der Waals surface area contributed by atoms with Gasteiger partial charge in [-0.3, -0.25) is 0 Å². The molecule has 0 N–H and O–H groups in total. The molecular formula is C8H19BN. The highest BCUT2D eigenvalue weighted by atomic mass is 15.1. The van der Waals surface area contributed by atoms with Crippen LogP contribution in [0.5, 0.6) is 0 Å². The van der Waals surface area contributed by atoms with Gasteiger partial charge in [-0.05, 0) is 33.0 Å². The molecule has 0 unspecified atom stereocenters. The van der Waals surface area contributed by atoms with Crippen LogP contribution in [-0.4, -0.2) is 32.3 Å². The number of nitrogens with zero attached hydrogens (tertiary/aromatic N) is 1. The minimum Gasteiger partial charge on any atom is -0.306 e. The van der Waals surface area contributed by atoms with Gasteiger partial charge in [0.15, 0.2) is 0 Å². The van der Waals surface area contributed by atoms with E-state index in [-0.39, 0.29) is 0 Å². The first kappa shape index (κ1) is 10.0. The fourth-order valence-electron chi connectivity index (χ4n) is 1.05. The molecule has 10 heavy (non-hydrogen) atoms. The summed E-state index contributed by atoms with van der Waals surface area (Å²) >= 11 is 0. The molecule has 2 heteroatoms. The molecule has 1 fully saturated rings. The molecule has 0 aromatic heterocycles. The lowest BCUT2D eigenvalue weighted by Gasteiger charge is -2.20. The molecule has 1 rings (SSSR count). The number of likely N-dealkylation sites (tertiary alicyclic amines) is 1. The SMILES string of the molecule is CN1CCCCC1.C[B]C. The summed E-state index contributed by atoms with van der Waals surface area (Å²) in [6.07, 6.45) is 4.28. The highest BCUT2D eigenvalue weighted by Crippen LogP contribution is 2.04. The van der Waals surface area contributed by atoms with E-state index in [2.05, 4.69) is 11.9 Å². The highest BCUT2D eigenvalue weighted by Gasteiger charge is 2.02. The van der Waals surface area contributed by atoms with Gasteiger partial charge < -0.3 is 4.90 Å². The molecule has 1 saturated heterocycles. The van der Waals surface area contributed by atoms with Gasteiger partial charge in [0.1, 0.15) is 7.28 Å². The maximum atomic E-state index is 2.39. The smallest absolute Gasteiger partial charge is 0.102 e. The molecule has 0 aromatic rings. The fraction of sp³-hybridized carbons (Fsp3) is 1.00. The molecule has 0 saturated carbocycles. The molecule has 0 bridgehead atoms. The Balaban J connectivity index is 0.000000236. The zero-order valence-corrected chi connectivity index (χ0v) is 7.56. The summed E-state index contributed by atoms with van der Waals surface area (Å²) in [5, 5.41) is 0. The summed E-state index contributed by atoms with van der Waals surface area (Å²) in [4.78, 5) is 2.39. The zero-order chi connectivity index (χ0) is 7.82. The van der Waals surface area contributed by atoms with Crippen LogP contribution in [0, 0.1) is 0 Å². The van der Waals surface area contributed by atoms with E-state index in [0.29, 0.717) is 0 Å². The molecule has 0 amide bonds. The van der Waals surface area contributed by atoms with E-state index in [1.807, 2.05) is 20.9 Å². The van der Waals surface area contributed by atoms with E-state index in [9.17, 15) is 0 Å². The summed E-state index contributed by atoms with van der Waals surface area (Å²) in [7, 11) is 4.19. The summed E-state index contributed by atoms with van der Waals surface area (Å²) in [5.74, 6) is 0. The Morgan fingerprint density at radius 1 is 1.00 bits per heavy atom. The Hall–Kier alpha value is 0.0249. The van der Waals surface area contributed by atoms with E-state index >= 15 is 0 Å². The van der Waals surface area contributed by atoms with Gasteiger partial charge in [0, 0.05) is 0 Å². The standard InChI is InChI=1S/C6H13N.C2H6B/c1-7-5-3-2-4-6-7;1-3-2/h2-6H2,1H3;1-2H3. The van der Waals surface area contributed by atoms with Crippen LogP contribution in [0.2, 0.25) is 13.6 Å². The lowest BCUT2D eigenvalue weighted by Crippen LogP contribution is -2.24. The quantitative estimate of drug-likeness (QED) is 0.464. The third kappa shape index (κ3) is 6.15. The molecule has 0 aromatic carbocycles. The van der Waals surface area contributed by atoms with Gasteiger partial charge in [0.25, 0.3) is 0 Å². The maximum absolute atomic E-state index is 2.39. The summed E-state index contributed by atoms with van der Waals surface area (Å²) in [5.41, 5.74) is 0. The van der Waals surface area contributed by atoms with Crippen molar-refractivity contribution in [1.82, 2.24) is 4.90 Å². The summed E-state index contributed by atoms with van der Waals surface area (Å²) in [6.45, 7) is 6.64. The molecule has 1 nitrogen and oxygen atoms in total. The average Bonchev–Trinajstić information content (AvgIpc) is 1.91. The molecule has 0 atom stereocenters. The van der Waals surface area contributed by atoms with Crippen LogP contribution >= 0.6 is 0 Å². The normalized spacial score (nSPS) is 19.1. The lowest BCUT2D eigenvalue weighted by molar-refractivity contribution is 0.277. The van der Waals surface area contributed by atoms with E-state index in [4.69, 9.17) is 0 Å². The molecule has 1 aliphatic rings. The van der Waals surface area contributed by atoms with Crippen molar-refractivity contribution >= 4 is 7.28 Å². The second-order valence-electron chi connectivity index (χ2n) is 2.94. The van der Waals surface area contributed by atoms with Gasteiger partial charge in [0.05, 0.1) is 0 Å². The fourth-order valence-corrected chi connectivity index (χ4v) is 1.05. The van der Waals surface area contributed by atoms with Crippen LogP contribution in [0.25, 0.3) is 0 Å². The van der Waals surface area contributed by atoms with Crippen molar-refractivity contribution in [3.63, 3.8) is 0 Å². The first-order valence-electron chi connectivity index (χ1n) is 4.23. The predicted molar refractivity (Wildman–Crippen MR) is 48.8 cm³/mol. The van der Waals surface area contributed by atoms with Crippen LogP contribution in [0.3, 0.4) is 0 Å². The molecule has 59 valence electrons. The van der Waals surface area contributed by atoms with E-state index < -0.39 is 0 Å².